The van der Waals surface area contributed by atoms with Gasteiger partial charge >= 0.3 is 0 Å². The van der Waals surface area contributed by atoms with Gasteiger partial charge in [0.25, 0.3) is 0 Å². The summed E-state index contributed by atoms with van der Waals surface area (Å²) in [5.74, 6) is 1.91. The van der Waals surface area contributed by atoms with Crippen molar-refractivity contribution in [2.24, 2.45) is 0 Å². The van der Waals surface area contributed by atoms with Crippen molar-refractivity contribution in [3.05, 3.63) is 54.4 Å². The number of rotatable bonds is 9. The molecule has 0 amide bonds. The molecule has 0 saturated heterocycles. The number of aliphatic hydroxyl groups excluding tert-OH is 1. The van der Waals surface area contributed by atoms with E-state index in [4.69, 9.17) is 14.2 Å². The van der Waals surface area contributed by atoms with Gasteiger partial charge in [-0.15, -0.1) is 0 Å². The summed E-state index contributed by atoms with van der Waals surface area (Å²) >= 11 is 0. The summed E-state index contributed by atoms with van der Waals surface area (Å²) in [6.45, 7) is 8.21. The number of nitrogens with zero attached hydrogens (tertiary/aromatic N) is 3. The maximum absolute atomic E-state index is 9.28. The molecule has 0 radical (unpaired) electrons. The maximum atomic E-state index is 9.28. The predicted octanol–water partition coefficient (Wildman–Crippen LogP) is 4.35. The zero-order chi connectivity index (χ0) is 21.8. The van der Waals surface area contributed by atoms with Crippen LogP contribution in [0.2, 0.25) is 25.7 Å². The summed E-state index contributed by atoms with van der Waals surface area (Å²) in [6, 6.07) is 12.6. The molecule has 31 heavy (non-hydrogen) atoms. The molecule has 1 atom stereocenters. The summed E-state index contributed by atoms with van der Waals surface area (Å²) in [4.78, 5) is 4.45. The summed E-state index contributed by atoms with van der Waals surface area (Å²) in [5, 5.41) is 13.7. The highest BCUT2D eigenvalue weighted by Crippen LogP contribution is 2.34. The van der Waals surface area contributed by atoms with Gasteiger partial charge in [-0.1, -0.05) is 25.7 Å². The zero-order valence-corrected chi connectivity index (χ0v) is 19.2. The van der Waals surface area contributed by atoms with Crippen molar-refractivity contribution >= 4 is 8.07 Å². The maximum Gasteiger partial charge on any atom is 0.219 e. The van der Waals surface area contributed by atoms with Crippen LogP contribution in [0.4, 0.5) is 0 Å². The number of aromatic nitrogens is 3. The standard InChI is InChI=1S/C23H29N3O4Si/c1-31(2,3)11-10-28-16-26-21(8-9-25-26)18-5-7-23(24-14-18)30-19-6-4-17-12-20(15-27)29-22(17)13-19/h4-9,13-14,20,27H,10-12,15-16H2,1-3H3/t20-/m0/s1. The predicted molar refractivity (Wildman–Crippen MR) is 121 cm³/mol. The largest absolute Gasteiger partial charge is 0.487 e. The first kappa shape index (κ1) is 21.5. The highest BCUT2D eigenvalue weighted by atomic mass is 28.3. The van der Waals surface area contributed by atoms with Gasteiger partial charge in [-0.3, -0.25) is 0 Å². The second-order valence-electron chi connectivity index (χ2n) is 8.95. The number of hydrogen-bond acceptors (Lipinski definition) is 6. The Labute approximate surface area is 183 Å². The van der Waals surface area contributed by atoms with Gasteiger partial charge in [-0.05, 0) is 29.8 Å². The minimum atomic E-state index is -1.10. The highest BCUT2D eigenvalue weighted by Gasteiger charge is 2.22. The van der Waals surface area contributed by atoms with Gasteiger partial charge in [0.15, 0.2) is 0 Å². The molecule has 4 rings (SSSR count). The van der Waals surface area contributed by atoms with Gasteiger partial charge < -0.3 is 19.3 Å². The Balaban J connectivity index is 1.38. The van der Waals surface area contributed by atoms with Crippen molar-refractivity contribution in [1.82, 2.24) is 14.8 Å². The van der Waals surface area contributed by atoms with E-state index in [0.29, 0.717) is 24.8 Å². The van der Waals surface area contributed by atoms with Crippen LogP contribution in [0.5, 0.6) is 17.4 Å². The minimum absolute atomic E-state index is 0.00777. The first-order valence-corrected chi connectivity index (χ1v) is 14.3. The number of aliphatic hydroxyl groups is 1. The molecule has 1 aliphatic heterocycles. The Hall–Kier alpha value is -2.68. The average molecular weight is 440 g/mol. The Bertz CT molecular complexity index is 1010. The summed E-state index contributed by atoms with van der Waals surface area (Å²) in [5.41, 5.74) is 2.98. The third-order valence-corrected chi connectivity index (χ3v) is 6.87. The third kappa shape index (κ3) is 5.52. The van der Waals surface area contributed by atoms with Crippen molar-refractivity contribution in [1.29, 1.82) is 0 Å². The van der Waals surface area contributed by atoms with E-state index in [9.17, 15) is 5.11 Å². The SMILES string of the molecule is C[Si](C)(C)CCOCn1nccc1-c1ccc(Oc2ccc3c(c2)O[C@H](CO)C3)nc1. The molecule has 2 aromatic heterocycles. The third-order valence-electron chi connectivity index (χ3n) is 5.16. The Morgan fingerprint density at radius 2 is 2.06 bits per heavy atom. The van der Waals surface area contributed by atoms with E-state index in [1.54, 1.807) is 12.4 Å². The number of fused-ring (bicyclic) bond motifs is 1. The first-order valence-electron chi connectivity index (χ1n) is 10.6. The minimum Gasteiger partial charge on any atom is -0.487 e. The quantitative estimate of drug-likeness (QED) is 0.395. The van der Waals surface area contributed by atoms with Crippen LogP contribution in [0.3, 0.4) is 0 Å². The molecule has 1 aliphatic rings. The second kappa shape index (κ2) is 9.21. The molecule has 164 valence electrons. The topological polar surface area (TPSA) is 78.6 Å². The lowest BCUT2D eigenvalue weighted by Crippen LogP contribution is -2.22. The lowest BCUT2D eigenvalue weighted by atomic mass is 10.1. The molecular formula is C23H29N3O4Si. The fourth-order valence-electron chi connectivity index (χ4n) is 3.37. The number of hydrogen-bond donors (Lipinski definition) is 1. The van der Waals surface area contributed by atoms with Crippen LogP contribution in [0, 0.1) is 0 Å². The highest BCUT2D eigenvalue weighted by molar-refractivity contribution is 6.76. The molecule has 0 unspecified atom stereocenters. The van der Waals surface area contributed by atoms with Crippen LogP contribution in [-0.2, 0) is 17.9 Å². The molecule has 0 spiro atoms. The smallest absolute Gasteiger partial charge is 0.219 e. The van der Waals surface area contributed by atoms with Crippen molar-refractivity contribution < 1.29 is 19.3 Å². The zero-order valence-electron chi connectivity index (χ0n) is 18.2. The van der Waals surface area contributed by atoms with E-state index in [2.05, 4.69) is 29.7 Å². The van der Waals surface area contributed by atoms with E-state index in [1.807, 2.05) is 41.1 Å². The first-order chi connectivity index (χ1) is 14.9. The normalized spacial score (nSPS) is 15.5. The van der Waals surface area contributed by atoms with Crippen LogP contribution >= 0.6 is 0 Å². The molecule has 0 bridgehead atoms. The van der Waals surface area contributed by atoms with Crippen molar-refractivity contribution in [2.45, 2.75) is 44.9 Å². The Morgan fingerprint density at radius 1 is 1.19 bits per heavy atom. The van der Waals surface area contributed by atoms with E-state index < -0.39 is 8.07 Å². The van der Waals surface area contributed by atoms with Crippen molar-refractivity contribution in [2.75, 3.05) is 13.2 Å². The number of pyridine rings is 1. The van der Waals surface area contributed by atoms with E-state index >= 15 is 0 Å². The number of ether oxygens (including phenoxy) is 3. The molecule has 8 heteroatoms. The second-order valence-corrected chi connectivity index (χ2v) is 14.6. The van der Waals surface area contributed by atoms with E-state index in [0.717, 1.165) is 35.2 Å². The van der Waals surface area contributed by atoms with Crippen molar-refractivity contribution in [3.63, 3.8) is 0 Å². The Kier molecular flexibility index (Phi) is 6.40. The fourth-order valence-corrected chi connectivity index (χ4v) is 4.12. The van der Waals surface area contributed by atoms with E-state index in [-0.39, 0.29) is 12.7 Å². The van der Waals surface area contributed by atoms with Crippen molar-refractivity contribution in [3.8, 4) is 28.6 Å². The summed E-state index contributed by atoms with van der Waals surface area (Å²) in [7, 11) is -1.10. The summed E-state index contributed by atoms with van der Waals surface area (Å²) in [6.07, 6.45) is 4.09. The van der Waals surface area contributed by atoms with Crippen LogP contribution in [0.15, 0.2) is 48.8 Å². The summed E-state index contributed by atoms with van der Waals surface area (Å²) < 4.78 is 19.3. The molecule has 0 saturated carbocycles. The molecule has 0 aliphatic carbocycles. The molecule has 7 nitrogen and oxygen atoms in total. The van der Waals surface area contributed by atoms with Crippen LogP contribution in [-0.4, -0.2) is 47.3 Å². The molecule has 1 aromatic carbocycles. The van der Waals surface area contributed by atoms with Gasteiger partial charge in [-0.2, -0.15) is 5.10 Å². The molecular weight excluding hydrogens is 410 g/mol. The van der Waals surface area contributed by atoms with Crippen LogP contribution < -0.4 is 9.47 Å². The Morgan fingerprint density at radius 3 is 2.81 bits per heavy atom. The number of benzene rings is 1. The van der Waals surface area contributed by atoms with Crippen LogP contribution in [0.1, 0.15) is 5.56 Å². The lowest BCUT2D eigenvalue weighted by molar-refractivity contribution is 0.0798. The van der Waals surface area contributed by atoms with Gasteiger partial charge in [0.2, 0.25) is 5.88 Å². The van der Waals surface area contributed by atoms with Gasteiger partial charge in [0.1, 0.15) is 24.3 Å². The fraction of sp³-hybridized carbons (Fsp3) is 0.391. The molecule has 0 fully saturated rings. The van der Waals surface area contributed by atoms with Gasteiger partial charge in [0, 0.05) is 51.2 Å². The molecule has 1 N–H and O–H groups in total. The van der Waals surface area contributed by atoms with E-state index in [1.165, 1.54) is 0 Å². The average Bonchev–Trinajstić information content (AvgIpc) is 3.37. The molecule has 3 aromatic rings. The van der Waals surface area contributed by atoms with Gasteiger partial charge in [0.05, 0.1) is 12.3 Å². The lowest BCUT2D eigenvalue weighted by Gasteiger charge is -2.16. The van der Waals surface area contributed by atoms with Crippen LogP contribution in [0.25, 0.3) is 11.3 Å². The molecule has 3 heterocycles. The monoisotopic (exact) mass is 439 g/mol. The van der Waals surface area contributed by atoms with Gasteiger partial charge in [-0.25, -0.2) is 9.67 Å².